The van der Waals surface area contributed by atoms with Gasteiger partial charge in [-0.3, -0.25) is 0 Å². The standard InChI is InChI=1S/C5H10F3NO2S/c1-4(2-9)12(10,11)3-5(6,7)8/h4H,2-3,9H2,1H3. The highest BCUT2D eigenvalue weighted by atomic mass is 32.2. The molecule has 0 radical (unpaired) electrons. The molecular formula is C5H10F3NO2S. The topological polar surface area (TPSA) is 60.2 Å². The average molecular weight is 205 g/mol. The second kappa shape index (κ2) is 3.61. The van der Waals surface area contributed by atoms with Gasteiger partial charge in [0.05, 0.1) is 5.25 Å². The third-order valence-electron chi connectivity index (χ3n) is 1.31. The summed E-state index contributed by atoms with van der Waals surface area (Å²) in [6.07, 6.45) is -4.68. The van der Waals surface area contributed by atoms with Crippen LogP contribution in [0.25, 0.3) is 0 Å². The molecule has 74 valence electrons. The molecule has 0 aliphatic heterocycles. The minimum Gasteiger partial charge on any atom is -0.329 e. The molecule has 0 amide bonds. The maximum atomic E-state index is 11.6. The summed E-state index contributed by atoms with van der Waals surface area (Å²) in [7, 11) is -4.12. The normalized spacial score (nSPS) is 16.1. The Kier molecular flexibility index (Phi) is 3.52. The second-order valence-corrected chi connectivity index (χ2v) is 4.89. The van der Waals surface area contributed by atoms with Gasteiger partial charge in [-0.25, -0.2) is 8.42 Å². The lowest BCUT2D eigenvalue weighted by Gasteiger charge is -2.11. The van der Waals surface area contributed by atoms with E-state index in [-0.39, 0.29) is 6.54 Å². The average Bonchev–Trinajstić information content (AvgIpc) is 1.80. The molecule has 0 bridgehead atoms. The van der Waals surface area contributed by atoms with E-state index in [1.807, 2.05) is 0 Å². The molecule has 3 nitrogen and oxygen atoms in total. The quantitative estimate of drug-likeness (QED) is 0.721. The van der Waals surface area contributed by atoms with Gasteiger partial charge < -0.3 is 5.73 Å². The molecule has 1 unspecified atom stereocenters. The third kappa shape index (κ3) is 3.91. The number of rotatable bonds is 3. The molecule has 0 aromatic carbocycles. The van der Waals surface area contributed by atoms with Crippen molar-refractivity contribution in [1.29, 1.82) is 0 Å². The number of hydrogen-bond acceptors (Lipinski definition) is 3. The Bertz CT molecular complexity index is 234. The van der Waals surface area contributed by atoms with Crippen molar-refractivity contribution in [2.45, 2.75) is 18.3 Å². The first-order valence-electron chi connectivity index (χ1n) is 3.17. The summed E-state index contributed by atoms with van der Waals surface area (Å²) in [5.74, 6) is -1.79. The zero-order chi connectivity index (χ0) is 9.99. The van der Waals surface area contributed by atoms with Crippen molar-refractivity contribution in [1.82, 2.24) is 0 Å². The first-order valence-corrected chi connectivity index (χ1v) is 4.89. The number of halogens is 3. The van der Waals surface area contributed by atoms with E-state index >= 15 is 0 Å². The second-order valence-electron chi connectivity index (χ2n) is 2.47. The van der Waals surface area contributed by atoms with E-state index in [2.05, 4.69) is 0 Å². The monoisotopic (exact) mass is 205 g/mol. The van der Waals surface area contributed by atoms with E-state index in [0.717, 1.165) is 6.92 Å². The van der Waals surface area contributed by atoms with Crippen molar-refractivity contribution in [2.24, 2.45) is 5.73 Å². The minimum absolute atomic E-state index is 0.293. The fourth-order valence-electron chi connectivity index (χ4n) is 0.517. The van der Waals surface area contributed by atoms with Gasteiger partial charge in [0.25, 0.3) is 0 Å². The van der Waals surface area contributed by atoms with Crippen LogP contribution >= 0.6 is 0 Å². The zero-order valence-electron chi connectivity index (χ0n) is 6.43. The van der Waals surface area contributed by atoms with Crippen molar-refractivity contribution in [2.75, 3.05) is 12.3 Å². The SMILES string of the molecule is CC(CN)S(=O)(=O)CC(F)(F)F. The van der Waals surface area contributed by atoms with Crippen LogP contribution in [0.2, 0.25) is 0 Å². The Morgan fingerprint density at radius 3 is 2.08 bits per heavy atom. The van der Waals surface area contributed by atoms with Gasteiger partial charge in [-0.05, 0) is 6.92 Å². The molecule has 7 heteroatoms. The van der Waals surface area contributed by atoms with Gasteiger partial charge in [-0.2, -0.15) is 13.2 Å². The Balaban J connectivity index is 4.45. The molecule has 0 fully saturated rings. The highest BCUT2D eigenvalue weighted by Crippen LogP contribution is 2.19. The number of nitrogens with two attached hydrogens (primary N) is 1. The van der Waals surface area contributed by atoms with Gasteiger partial charge >= 0.3 is 6.18 Å². The van der Waals surface area contributed by atoms with E-state index in [4.69, 9.17) is 5.73 Å². The predicted molar refractivity (Wildman–Crippen MR) is 38.4 cm³/mol. The molecule has 12 heavy (non-hydrogen) atoms. The van der Waals surface area contributed by atoms with Crippen LogP contribution in [0.3, 0.4) is 0 Å². The van der Waals surface area contributed by atoms with Gasteiger partial charge in [-0.15, -0.1) is 0 Å². The molecule has 1 atom stereocenters. The number of alkyl halides is 3. The van der Waals surface area contributed by atoms with E-state index in [1.165, 1.54) is 0 Å². The van der Waals surface area contributed by atoms with Crippen molar-refractivity contribution < 1.29 is 21.6 Å². The van der Waals surface area contributed by atoms with Crippen LogP contribution in [0.1, 0.15) is 6.92 Å². The minimum atomic E-state index is -4.68. The molecule has 2 N–H and O–H groups in total. The summed E-state index contributed by atoms with van der Waals surface area (Å²) in [6, 6.07) is 0. The lowest BCUT2D eigenvalue weighted by Crippen LogP contribution is -2.34. The Morgan fingerprint density at radius 2 is 1.83 bits per heavy atom. The molecule has 0 heterocycles. The van der Waals surface area contributed by atoms with Crippen LogP contribution in [-0.4, -0.2) is 32.1 Å². The van der Waals surface area contributed by atoms with Gasteiger partial charge in [0, 0.05) is 6.54 Å². The van der Waals surface area contributed by atoms with Gasteiger partial charge in [-0.1, -0.05) is 0 Å². The highest BCUT2D eigenvalue weighted by molar-refractivity contribution is 7.92. The van der Waals surface area contributed by atoms with Gasteiger partial charge in [0.2, 0.25) is 0 Å². The molecule has 0 rings (SSSR count). The summed E-state index contributed by atoms with van der Waals surface area (Å²) >= 11 is 0. The Labute approximate surface area is 68.7 Å². The third-order valence-corrected chi connectivity index (χ3v) is 3.46. The van der Waals surface area contributed by atoms with Crippen LogP contribution in [0.5, 0.6) is 0 Å². The van der Waals surface area contributed by atoms with Crippen molar-refractivity contribution in [3.8, 4) is 0 Å². The fraction of sp³-hybridized carbons (Fsp3) is 1.00. The molecule has 0 aromatic heterocycles. The smallest absolute Gasteiger partial charge is 0.329 e. The maximum Gasteiger partial charge on any atom is 0.402 e. The first-order chi connectivity index (χ1) is 5.19. The largest absolute Gasteiger partial charge is 0.402 e. The number of hydrogen-bond donors (Lipinski definition) is 1. The molecule has 0 aliphatic carbocycles. The zero-order valence-corrected chi connectivity index (χ0v) is 7.24. The summed E-state index contributed by atoms with van der Waals surface area (Å²) < 4.78 is 56.4. The lowest BCUT2D eigenvalue weighted by molar-refractivity contribution is -0.106. The van der Waals surface area contributed by atoms with Crippen LogP contribution < -0.4 is 5.73 Å². The highest BCUT2D eigenvalue weighted by Gasteiger charge is 2.37. The van der Waals surface area contributed by atoms with Gasteiger partial charge in [0.15, 0.2) is 9.84 Å². The summed E-state index contributed by atoms with van der Waals surface area (Å²) in [5, 5.41) is -1.14. The van der Waals surface area contributed by atoms with Crippen LogP contribution in [0.4, 0.5) is 13.2 Å². The molecule has 0 saturated heterocycles. The van der Waals surface area contributed by atoms with E-state index in [9.17, 15) is 21.6 Å². The summed E-state index contributed by atoms with van der Waals surface area (Å²) in [6.45, 7) is 0.861. The Morgan fingerprint density at radius 1 is 1.42 bits per heavy atom. The number of sulfone groups is 1. The first kappa shape index (κ1) is 11.7. The Hall–Kier alpha value is -0.300. The molecule has 0 aromatic rings. The molecule has 0 saturated carbocycles. The van der Waals surface area contributed by atoms with Crippen LogP contribution in [0.15, 0.2) is 0 Å². The fourth-order valence-corrected chi connectivity index (χ4v) is 1.55. The van der Waals surface area contributed by atoms with Crippen molar-refractivity contribution in [3.05, 3.63) is 0 Å². The lowest BCUT2D eigenvalue weighted by atomic mass is 10.5. The van der Waals surface area contributed by atoms with E-state index < -0.39 is 27.0 Å². The molecule has 0 aliphatic rings. The van der Waals surface area contributed by atoms with Gasteiger partial charge in [0.1, 0.15) is 5.75 Å². The molecular weight excluding hydrogens is 195 g/mol. The predicted octanol–water partition coefficient (Wildman–Crippen LogP) is 0.311. The van der Waals surface area contributed by atoms with Crippen molar-refractivity contribution >= 4 is 9.84 Å². The molecule has 0 spiro atoms. The van der Waals surface area contributed by atoms with Crippen LogP contribution in [-0.2, 0) is 9.84 Å². The van der Waals surface area contributed by atoms with E-state index in [1.54, 1.807) is 0 Å². The summed E-state index contributed by atoms with van der Waals surface area (Å²) in [4.78, 5) is 0. The van der Waals surface area contributed by atoms with Crippen molar-refractivity contribution in [3.63, 3.8) is 0 Å². The van der Waals surface area contributed by atoms with E-state index in [0.29, 0.717) is 0 Å². The maximum absolute atomic E-state index is 11.6. The van der Waals surface area contributed by atoms with Crippen LogP contribution in [0, 0.1) is 0 Å². The summed E-state index contributed by atoms with van der Waals surface area (Å²) in [5.41, 5.74) is 4.93.